The van der Waals surface area contributed by atoms with Gasteiger partial charge in [0.05, 0.1) is 28.9 Å². The summed E-state index contributed by atoms with van der Waals surface area (Å²) in [7, 11) is 0. The zero-order valence-electron chi connectivity index (χ0n) is 16.8. The van der Waals surface area contributed by atoms with Gasteiger partial charge in [-0.2, -0.15) is 0 Å². The van der Waals surface area contributed by atoms with Crippen LogP contribution in [-0.4, -0.2) is 39.6 Å². The molecule has 0 aromatic heterocycles. The van der Waals surface area contributed by atoms with E-state index in [1.54, 1.807) is 30.3 Å². The highest BCUT2D eigenvalue weighted by Crippen LogP contribution is 2.47. The van der Waals surface area contributed by atoms with Crippen molar-refractivity contribution in [3.05, 3.63) is 86.4 Å². The molecule has 0 aliphatic carbocycles. The van der Waals surface area contributed by atoms with Gasteiger partial charge in [0, 0.05) is 23.5 Å². The molecule has 4 rings (SSSR count). The Labute approximate surface area is 187 Å². The van der Waals surface area contributed by atoms with Crippen molar-refractivity contribution in [2.75, 3.05) is 6.61 Å². The van der Waals surface area contributed by atoms with Crippen LogP contribution in [0.4, 0.5) is 5.69 Å². The number of nitrogens with zero attached hydrogens (tertiary/aromatic N) is 2. The van der Waals surface area contributed by atoms with E-state index in [4.69, 9.17) is 9.47 Å². The molecule has 0 N–H and O–H groups in total. The number of nitro benzene ring substituents is 1. The van der Waals surface area contributed by atoms with Crippen molar-refractivity contribution >= 4 is 35.3 Å². The summed E-state index contributed by atoms with van der Waals surface area (Å²) in [6.07, 6.45) is 0.614. The van der Waals surface area contributed by atoms with Gasteiger partial charge in [0.1, 0.15) is 12.3 Å². The number of amides is 1. The highest BCUT2D eigenvalue weighted by atomic mass is 32.2. The number of non-ortho nitro benzene ring substituents is 1. The Morgan fingerprint density at radius 2 is 1.78 bits per heavy atom. The van der Waals surface area contributed by atoms with Crippen LogP contribution in [-0.2, 0) is 25.7 Å². The minimum Gasteiger partial charge on any atom is -0.462 e. The number of carbonyl (C=O) groups is 3. The monoisotopic (exact) mass is 454 g/mol. The van der Waals surface area contributed by atoms with Gasteiger partial charge in [0.25, 0.3) is 5.69 Å². The number of carbonyl (C=O) groups excluding carboxylic acids is 3. The van der Waals surface area contributed by atoms with Gasteiger partial charge in [-0.15, -0.1) is 11.8 Å². The van der Waals surface area contributed by atoms with Gasteiger partial charge in [0.2, 0.25) is 5.91 Å². The number of nitro groups is 1. The third-order valence-corrected chi connectivity index (χ3v) is 6.30. The lowest BCUT2D eigenvalue weighted by molar-refractivity contribution is -0.384. The zero-order valence-corrected chi connectivity index (χ0v) is 17.6. The number of fused-ring (bicyclic) bond motifs is 1. The van der Waals surface area contributed by atoms with E-state index in [2.05, 4.69) is 0 Å². The summed E-state index contributed by atoms with van der Waals surface area (Å²) >= 11 is 1.39. The van der Waals surface area contributed by atoms with E-state index in [-0.39, 0.29) is 42.3 Å². The largest absolute Gasteiger partial charge is 0.462 e. The Morgan fingerprint density at radius 3 is 2.44 bits per heavy atom. The van der Waals surface area contributed by atoms with E-state index < -0.39 is 16.9 Å². The fraction of sp³-hybridized carbons (Fsp3) is 0.227. The van der Waals surface area contributed by atoms with E-state index >= 15 is 0 Å². The molecule has 2 aromatic rings. The molecule has 9 nitrogen and oxygen atoms in total. The molecule has 1 fully saturated rings. The quantitative estimate of drug-likeness (QED) is 0.258. The van der Waals surface area contributed by atoms with Crippen molar-refractivity contribution in [2.24, 2.45) is 0 Å². The van der Waals surface area contributed by atoms with Gasteiger partial charge in [-0.05, 0) is 29.8 Å². The Hall–Kier alpha value is -3.66. The number of rotatable bonds is 8. The molecule has 32 heavy (non-hydrogen) atoms. The van der Waals surface area contributed by atoms with Crippen LogP contribution in [0.25, 0.3) is 0 Å². The van der Waals surface area contributed by atoms with E-state index in [1.807, 2.05) is 0 Å². The van der Waals surface area contributed by atoms with Crippen LogP contribution >= 0.6 is 11.8 Å². The predicted octanol–water partition coefficient (Wildman–Crippen LogP) is 3.40. The summed E-state index contributed by atoms with van der Waals surface area (Å²) in [4.78, 5) is 49.2. The Morgan fingerprint density at radius 1 is 1.06 bits per heavy atom. The molecule has 10 heteroatoms. The molecule has 0 saturated carbocycles. The van der Waals surface area contributed by atoms with Gasteiger partial charge < -0.3 is 9.47 Å². The maximum atomic E-state index is 12.8. The van der Waals surface area contributed by atoms with Crippen LogP contribution in [0.5, 0.6) is 0 Å². The minimum absolute atomic E-state index is 0.0590. The fourth-order valence-electron chi connectivity index (χ4n) is 3.32. The lowest BCUT2D eigenvalue weighted by Crippen LogP contribution is -2.48. The highest BCUT2D eigenvalue weighted by Gasteiger charge is 2.48. The molecule has 1 unspecified atom stereocenters. The van der Waals surface area contributed by atoms with Crippen LogP contribution in [0.2, 0.25) is 0 Å². The third kappa shape index (κ3) is 4.50. The van der Waals surface area contributed by atoms with Crippen LogP contribution in [0.1, 0.15) is 28.8 Å². The van der Waals surface area contributed by atoms with Crippen molar-refractivity contribution in [3.8, 4) is 0 Å². The molecular weight excluding hydrogens is 436 g/mol. The summed E-state index contributed by atoms with van der Waals surface area (Å²) in [6, 6.07) is 14.2. The number of hydrogen-bond acceptors (Lipinski definition) is 8. The van der Waals surface area contributed by atoms with Crippen molar-refractivity contribution in [1.29, 1.82) is 0 Å². The smallest absolute Gasteiger partial charge is 0.356 e. The zero-order chi connectivity index (χ0) is 22.7. The van der Waals surface area contributed by atoms with E-state index in [0.717, 1.165) is 0 Å². The summed E-state index contributed by atoms with van der Waals surface area (Å²) in [5, 5.41) is 10.6. The molecular formula is C22H18N2O7S. The molecule has 2 heterocycles. The van der Waals surface area contributed by atoms with Crippen molar-refractivity contribution in [2.45, 2.75) is 24.8 Å². The molecule has 0 spiro atoms. The molecule has 2 aliphatic heterocycles. The van der Waals surface area contributed by atoms with Gasteiger partial charge in [-0.25, -0.2) is 9.59 Å². The van der Waals surface area contributed by atoms with Gasteiger partial charge >= 0.3 is 11.9 Å². The predicted molar refractivity (Wildman–Crippen MR) is 114 cm³/mol. The van der Waals surface area contributed by atoms with Crippen molar-refractivity contribution in [1.82, 2.24) is 4.90 Å². The average Bonchev–Trinajstić information content (AvgIpc) is 3.10. The van der Waals surface area contributed by atoms with Crippen molar-refractivity contribution in [3.63, 3.8) is 0 Å². The van der Waals surface area contributed by atoms with Crippen LogP contribution in [0.3, 0.4) is 0 Å². The lowest BCUT2D eigenvalue weighted by atomic mass is 10.1. The molecule has 2 aliphatic rings. The fourth-order valence-corrected chi connectivity index (χ4v) is 4.70. The molecule has 1 saturated heterocycles. The first-order valence-electron chi connectivity index (χ1n) is 9.78. The number of hydrogen-bond donors (Lipinski definition) is 0. The SMILES string of the molecule is O=C(OCc1ccc([N+](=O)[O-])cc1)C1=C(CCOC(=O)c2ccccc2)SC2CC(=O)N12. The van der Waals surface area contributed by atoms with Crippen LogP contribution in [0.15, 0.2) is 65.2 Å². The molecule has 2 aromatic carbocycles. The second-order valence-electron chi connectivity index (χ2n) is 7.06. The first-order valence-corrected chi connectivity index (χ1v) is 10.7. The summed E-state index contributed by atoms with van der Waals surface area (Å²) in [5.41, 5.74) is 1.13. The Bertz CT molecular complexity index is 1100. The van der Waals surface area contributed by atoms with Gasteiger partial charge in [-0.3, -0.25) is 19.8 Å². The van der Waals surface area contributed by atoms with Crippen LogP contribution < -0.4 is 0 Å². The first kappa shape index (κ1) is 21.6. The van der Waals surface area contributed by atoms with Crippen molar-refractivity contribution < 1.29 is 28.8 Å². The van der Waals surface area contributed by atoms with Gasteiger partial charge in [-0.1, -0.05) is 18.2 Å². The number of ether oxygens (including phenoxy) is 2. The summed E-state index contributed by atoms with van der Waals surface area (Å²) in [6.45, 7) is -0.0299. The third-order valence-electron chi connectivity index (χ3n) is 4.97. The summed E-state index contributed by atoms with van der Waals surface area (Å²) < 4.78 is 10.7. The van der Waals surface area contributed by atoms with E-state index in [0.29, 0.717) is 22.5 Å². The van der Waals surface area contributed by atoms with E-state index in [9.17, 15) is 24.5 Å². The molecule has 0 radical (unpaired) electrons. The standard InChI is InChI=1S/C22H18N2O7S/c25-18-12-19-23(18)20(22(27)31-13-14-6-8-16(9-7-14)24(28)29)17(32-19)10-11-30-21(26)15-4-2-1-3-5-15/h1-9,19H,10-13H2. The number of esters is 2. The summed E-state index contributed by atoms with van der Waals surface area (Å²) in [5.74, 6) is -1.28. The molecule has 1 amide bonds. The maximum Gasteiger partial charge on any atom is 0.356 e. The van der Waals surface area contributed by atoms with Gasteiger partial charge in [0.15, 0.2) is 0 Å². The Kier molecular flexibility index (Phi) is 6.22. The topological polar surface area (TPSA) is 116 Å². The highest BCUT2D eigenvalue weighted by molar-refractivity contribution is 8.04. The molecule has 0 bridgehead atoms. The molecule has 164 valence electrons. The lowest BCUT2D eigenvalue weighted by Gasteiger charge is -2.34. The second-order valence-corrected chi connectivity index (χ2v) is 8.34. The number of benzene rings is 2. The first-order chi connectivity index (χ1) is 15.4. The second kappa shape index (κ2) is 9.23. The van der Waals surface area contributed by atoms with E-state index in [1.165, 1.54) is 40.9 Å². The minimum atomic E-state index is -0.657. The number of thioether (sulfide) groups is 1. The van der Waals surface area contributed by atoms with Crippen LogP contribution in [0, 0.1) is 10.1 Å². The number of β-lactam (4-membered cyclic amide) rings is 1. The molecule has 1 atom stereocenters. The maximum absolute atomic E-state index is 12.8. The Balaban J connectivity index is 1.39. The normalized spacial score (nSPS) is 16.9. The average molecular weight is 454 g/mol.